The molecule has 5 rings (SSSR count). The zero-order chi connectivity index (χ0) is 23.4. The van der Waals surface area contributed by atoms with Crippen molar-refractivity contribution >= 4 is 11.8 Å². The van der Waals surface area contributed by atoms with E-state index in [0.29, 0.717) is 5.92 Å². The van der Waals surface area contributed by atoms with Crippen LogP contribution in [-0.2, 0) is 17.6 Å². The first-order chi connectivity index (χ1) is 15.8. The highest BCUT2D eigenvalue weighted by atomic mass is 19.4. The van der Waals surface area contributed by atoms with Crippen LogP contribution in [0.15, 0.2) is 89.9 Å². The third-order valence-corrected chi connectivity index (χ3v) is 5.88. The largest absolute Gasteiger partial charge is 0.490 e. The number of aliphatic imine (C=N–C) groups is 1. The van der Waals surface area contributed by atoms with Crippen LogP contribution < -0.4 is 5.32 Å². The Balaban J connectivity index is 0.000000325. The second-order valence-electron chi connectivity index (χ2n) is 8.08. The lowest BCUT2D eigenvalue weighted by Crippen LogP contribution is -2.30. The van der Waals surface area contributed by atoms with Crippen molar-refractivity contribution in [3.05, 3.63) is 107 Å². The number of fused-ring (bicyclic) bond motifs is 1. The third-order valence-electron chi connectivity index (χ3n) is 5.88. The standard InChI is InChI=1S/C24H22N2.C2HF3O2/c1-3-9-17(10-4-1)22-23(18-11-5-2-6-12-18)26-24(25-22)21-15-19-13-7-8-14-20(19)16-21;3-2(4,5)1(6)7/h1-14,21-23H,15-16H2,(H,25,26);(H,6,7)/t22-,23+;. The summed E-state index contributed by atoms with van der Waals surface area (Å²) in [5.74, 6) is -1.12. The molecule has 1 heterocycles. The number of halogens is 3. The molecule has 0 fully saturated rings. The summed E-state index contributed by atoms with van der Waals surface area (Å²) in [6.07, 6.45) is -2.91. The molecule has 3 aromatic carbocycles. The normalized spacial score (nSPS) is 19.7. The number of nitrogens with zero attached hydrogens (tertiary/aromatic N) is 1. The van der Waals surface area contributed by atoms with Gasteiger partial charge in [-0.3, -0.25) is 4.99 Å². The van der Waals surface area contributed by atoms with Crippen LogP contribution in [0, 0.1) is 5.92 Å². The lowest BCUT2D eigenvalue weighted by molar-refractivity contribution is -0.192. The highest BCUT2D eigenvalue weighted by molar-refractivity contribution is 5.88. The van der Waals surface area contributed by atoms with E-state index in [-0.39, 0.29) is 12.1 Å². The van der Waals surface area contributed by atoms with Crippen LogP contribution in [0.4, 0.5) is 13.2 Å². The molecule has 0 saturated carbocycles. The molecule has 0 spiro atoms. The molecule has 0 radical (unpaired) electrons. The van der Waals surface area contributed by atoms with Gasteiger partial charge in [0.25, 0.3) is 0 Å². The Labute approximate surface area is 189 Å². The summed E-state index contributed by atoms with van der Waals surface area (Å²) < 4.78 is 31.7. The topological polar surface area (TPSA) is 61.7 Å². The summed E-state index contributed by atoms with van der Waals surface area (Å²) in [7, 11) is 0. The molecular formula is C26H23F3N2O2. The number of hydrogen-bond donors (Lipinski definition) is 2. The minimum atomic E-state index is -5.08. The number of carbonyl (C=O) groups is 1. The lowest BCUT2D eigenvalue weighted by atomic mass is 9.95. The Bertz CT molecular complexity index is 1110. The smallest absolute Gasteiger partial charge is 0.475 e. The molecule has 0 bridgehead atoms. The van der Waals surface area contributed by atoms with Crippen molar-refractivity contribution in [2.75, 3.05) is 0 Å². The van der Waals surface area contributed by atoms with Gasteiger partial charge in [0.15, 0.2) is 0 Å². The van der Waals surface area contributed by atoms with Crippen LogP contribution in [0.5, 0.6) is 0 Å². The van der Waals surface area contributed by atoms with Crippen LogP contribution in [0.25, 0.3) is 0 Å². The van der Waals surface area contributed by atoms with E-state index in [1.807, 2.05) is 0 Å². The summed E-state index contributed by atoms with van der Waals surface area (Å²) in [5, 5.41) is 10.9. The maximum atomic E-state index is 10.6. The molecule has 0 aromatic heterocycles. The number of carboxylic acid groups (broad SMARTS) is 1. The average Bonchev–Trinajstić information content (AvgIpc) is 3.45. The predicted octanol–water partition coefficient (Wildman–Crippen LogP) is 5.52. The first-order valence-corrected chi connectivity index (χ1v) is 10.6. The van der Waals surface area contributed by atoms with Gasteiger partial charge in [0.05, 0.1) is 6.04 Å². The average molecular weight is 452 g/mol. The molecule has 170 valence electrons. The minimum absolute atomic E-state index is 0.136. The van der Waals surface area contributed by atoms with E-state index in [1.54, 1.807) is 0 Å². The molecule has 2 N–H and O–H groups in total. The molecule has 3 aromatic rings. The maximum Gasteiger partial charge on any atom is 0.490 e. The summed E-state index contributed by atoms with van der Waals surface area (Å²) in [6, 6.07) is 30.5. The fraction of sp³-hybridized carbons (Fsp3) is 0.231. The van der Waals surface area contributed by atoms with Gasteiger partial charge in [-0.15, -0.1) is 0 Å². The van der Waals surface area contributed by atoms with Crippen molar-refractivity contribution in [2.24, 2.45) is 10.9 Å². The Morgan fingerprint density at radius 2 is 1.27 bits per heavy atom. The van der Waals surface area contributed by atoms with E-state index >= 15 is 0 Å². The van der Waals surface area contributed by atoms with E-state index in [1.165, 1.54) is 28.1 Å². The predicted molar refractivity (Wildman–Crippen MR) is 120 cm³/mol. The second-order valence-corrected chi connectivity index (χ2v) is 8.08. The van der Waals surface area contributed by atoms with Crippen LogP contribution >= 0.6 is 0 Å². The number of carboxylic acids is 1. The van der Waals surface area contributed by atoms with Gasteiger partial charge in [-0.25, -0.2) is 4.79 Å². The number of benzene rings is 3. The molecule has 0 saturated heterocycles. The number of alkyl halides is 3. The molecule has 2 aliphatic rings. The Hall–Kier alpha value is -3.61. The van der Waals surface area contributed by atoms with Crippen molar-refractivity contribution in [3.63, 3.8) is 0 Å². The molecule has 0 amide bonds. The summed E-state index contributed by atoms with van der Waals surface area (Å²) in [5.41, 5.74) is 5.53. The number of aliphatic carboxylic acids is 1. The van der Waals surface area contributed by atoms with Crippen LogP contribution in [0.1, 0.15) is 34.3 Å². The zero-order valence-corrected chi connectivity index (χ0v) is 17.7. The van der Waals surface area contributed by atoms with Crippen molar-refractivity contribution in [2.45, 2.75) is 31.1 Å². The first kappa shape index (κ1) is 22.6. The highest BCUT2D eigenvalue weighted by Crippen LogP contribution is 2.39. The quantitative estimate of drug-likeness (QED) is 0.550. The zero-order valence-electron chi connectivity index (χ0n) is 17.7. The molecule has 2 atom stereocenters. The van der Waals surface area contributed by atoms with Gasteiger partial charge in [0.1, 0.15) is 11.9 Å². The Kier molecular flexibility index (Phi) is 6.49. The van der Waals surface area contributed by atoms with E-state index in [0.717, 1.165) is 12.8 Å². The number of hydrogen-bond acceptors (Lipinski definition) is 3. The summed E-state index contributed by atoms with van der Waals surface area (Å²) in [6.45, 7) is 0. The first-order valence-electron chi connectivity index (χ1n) is 10.6. The SMILES string of the molecule is O=C(O)C(F)(F)F.c1ccc([C@H]2N=C(C3Cc4ccccc4C3)N[C@H]2c2ccccc2)cc1. The summed E-state index contributed by atoms with van der Waals surface area (Å²) in [4.78, 5) is 14.1. The van der Waals surface area contributed by atoms with Crippen LogP contribution in [0.2, 0.25) is 0 Å². The van der Waals surface area contributed by atoms with Crippen LogP contribution in [-0.4, -0.2) is 23.1 Å². The van der Waals surface area contributed by atoms with Crippen molar-refractivity contribution in [1.82, 2.24) is 5.32 Å². The van der Waals surface area contributed by atoms with E-state index in [4.69, 9.17) is 14.9 Å². The maximum absolute atomic E-state index is 10.6. The molecular weight excluding hydrogens is 429 g/mol. The Morgan fingerprint density at radius 1 is 0.818 bits per heavy atom. The third kappa shape index (κ3) is 5.25. The molecule has 1 aliphatic carbocycles. The number of nitrogens with one attached hydrogen (secondary N) is 1. The van der Waals surface area contributed by atoms with Crippen LogP contribution in [0.3, 0.4) is 0 Å². The molecule has 33 heavy (non-hydrogen) atoms. The lowest BCUT2D eigenvalue weighted by Gasteiger charge is -2.20. The number of amidine groups is 1. The second kappa shape index (κ2) is 9.48. The molecule has 7 heteroatoms. The van der Waals surface area contributed by atoms with Gasteiger partial charge in [0, 0.05) is 5.92 Å². The molecule has 0 unspecified atom stereocenters. The van der Waals surface area contributed by atoms with Gasteiger partial charge in [-0.05, 0) is 35.1 Å². The van der Waals surface area contributed by atoms with Crippen molar-refractivity contribution in [3.8, 4) is 0 Å². The van der Waals surface area contributed by atoms with Crippen molar-refractivity contribution < 1.29 is 23.1 Å². The fourth-order valence-electron chi connectivity index (χ4n) is 4.32. The van der Waals surface area contributed by atoms with E-state index < -0.39 is 12.1 Å². The number of rotatable bonds is 3. The van der Waals surface area contributed by atoms with E-state index in [9.17, 15) is 13.2 Å². The summed E-state index contributed by atoms with van der Waals surface area (Å²) >= 11 is 0. The van der Waals surface area contributed by atoms with Gasteiger partial charge < -0.3 is 10.4 Å². The Morgan fingerprint density at radius 3 is 1.76 bits per heavy atom. The van der Waals surface area contributed by atoms with E-state index in [2.05, 4.69) is 90.2 Å². The monoisotopic (exact) mass is 452 g/mol. The van der Waals surface area contributed by atoms with Gasteiger partial charge in [-0.2, -0.15) is 13.2 Å². The minimum Gasteiger partial charge on any atom is -0.475 e. The molecule has 1 aliphatic heterocycles. The van der Waals surface area contributed by atoms with Gasteiger partial charge in [-0.1, -0.05) is 84.9 Å². The van der Waals surface area contributed by atoms with Gasteiger partial charge in [0.2, 0.25) is 0 Å². The fourth-order valence-corrected chi connectivity index (χ4v) is 4.32. The van der Waals surface area contributed by atoms with Gasteiger partial charge >= 0.3 is 12.1 Å². The molecule has 4 nitrogen and oxygen atoms in total. The highest BCUT2D eigenvalue weighted by Gasteiger charge is 2.38. The van der Waals surface area contributed by atoms with Crippen molar-refractivity contribution in [1.29, 1.82) is 0 Å².